The first kappa shape index (κ1) is 24.2. The Morgan fingerprint density at radius 3 is 2.47 bits per heavy atom. The zero-order chi connectivity index (χ0) is 24.3. The van der Waals surface area contributed by atoms with Crippen LogP contribution in [0.2, 0.25) is 0 Å². The molecule has 0 aromatic heterocycles. The first-order chi connectivity index (χ1) is 16.5. The Bertz CT molecular complexity index is 1160. The van der Waals surface area contributed by atoms with Crippen LogP contribution in [0.25, 0.3) is 0 Å². The Kier molecular flexibility index (Phi) is 8.56. The Labute approximate surface area is 196 Å². The molecule has 0 amide bonds. The number of carbonyl (C=O) groups is 1. The molecular formula is C25H24N2O7. The minimum absolute atomic E-state index is 0.0717. The van der Waals surface area contributed by atoms with E-state index in [0.717, 1.165) is 11.1 Å². The fourth-order valence-corrected chi connectivity index (χ4v) is 2.90. The van der Waals surface area contributed by atoms with E-state index >= 15 is 0 Å². The standard InChI is InChI=1S/C25H24N2O7/c1-3-31-24-14-19(8-13-23(24)33-16-20-7-5-4-6-18(20)2)15-26-34-25(28)17-32-22-11-9-21(10-12-22)27(29)30/h4-15H,3,16-17H2,1-2H3. The molecule has 0 aliphatic carbocycles. The Hall–Kier alpha value is -4.40. The molecule has 0 saturated carbocycles. The Balaban J connectivity index is 1.54. The van der Waals surface area contributed by atoms with E-state index in [0.29, 0.717) is 36.0 Å². The summed E-state index contributed by atoms with van der Waals surface area (Å²) in [5.41, 5.74) is 2.80. The van der Waals surface area contributed by atoms with Crippen molar-refractivity contribution in [3.05, 3.63) is 93.5 Å². The predicted molar refractivity (Wildman–Crippen MR) is 125 cm³/mol. The molecule has 0 N–H and O–H groups in total. The van der Waals surface area contributed by atoms with Gasteiger partial charge in [0.05, 0.1) is 17.7 Å². The molecule has 0 spiro atoms. The summed E-state index contributed by atoms with van der Waals surface area (Å²) in [4.78, 5) is 26.8. The third-order valence-electron chi connectivity index (χ3n) is 4.67. The summed E-state index contributed by atoms with van der Waals surface area (Å²) in [5.74, 6) is 0.718. The molecule has 0 fully saturated rings. The van der Waals surface area contributed by atoms with Gasteiger partial charge < -0.3 is 19.0 Å². The number of non-ortho nitro benzene ring substituents is 1. The van der Waals surface area contributed by atoms with Crippen LogP contribution >= 0.6 is 0 Å². The van der Waals surface area contributed by atoms with Crippen molar-refractivity contribution in [1.29, 1.82) is 0 Å². The van der Waals surface area contributed by atoms with Gasteiger partial charge in [0.15, 0.2) is 18.1 Å². The normalized spacial score (nSPS) is 10.6. The molecule has 0 atom stereocenters. The van der Waals surface area contributed by atoms with Gasteiger partial charge in [-0.1, -0.05) is 29.4 Å². The lowest BCUT2D eigenvalue weighted by Gasteiger charge is -2.13. The van der Waals surface area contributed by atoms with Crippen LogP contribution in [-0.4, -0.2) is 30.3 Å². The molecule has 0 aliphatic heterocycles. The second-order valence-electron chi connectivity index (χ2n) is 7.09. The van der Waals surface area contributed by atoms with Gasteiger partial charge in [-0.2, -0.15) is 0 Å². The summed E-state index contributed by atoms with van der Waals surface area (Å²) in [6.45, 7) is 4.37. The van der Waals surface area contributed by atoms with Crippen LogP contribution in [-0.2, 0) is 16.2 Å². The lowest BCUT2D eigenvalue weighted by molar-refractivity contribution is -0.384. The maximum absolute atomic E-state index is 11.8. The first-order valence-electron chi connectivity index (χ1n) is 10.5. The van der Waals surface area contributed by atoms with Crippen molar-refractivity contribution in [3.63, 3.8) is 0 Å². The van der Waals surface area contributed by atoms with Gasteiger partial charge in [-0.3, -0.25) is 10.1 Å². The van der Waals surface area contributed by atoms with Gasteiger partial charge in [0.1, 0.15) is 12.4 Å². The van der Waals surface area contributed by atoms with Crippen molar-refractivity contribution in [2.45, 2.75) is 20.5 Å². The highest BCUT2D eigenvalue weighted by Crippen LogP contribution is 2.29. The zero-order valence-electron chi connectivity index (χ0n) is 18.8. The van der Waals surface area contributed by atoms with Crippen LogP contribution in [0, 0.1) is 17.0 Å². The summed E-state index contributed by atoms with van der Waals surface area (Å²) in [5, 5.41) is 14.3. The van der Waals surface area contributed by atoms with Crippen molar-refractivity contribution in [2.75, 3.05) is 13.2 Å². The van der Waals surface area contributed by atoms with Gasteiger partial charge in [-0.05, 0) is 55.3 Å². The number of oxime groups is 1. The molecule has 9 heteroatoms. The van der Waals surface area contributed by atoms with E-state index < -0.39 is 17.5 Å². The summed E-state index contributed by atoms with van der Waals surface area (Å²) < 4.78 is 16.9. The number of hydrogen-bond donors (Lipinski definition) is 0. The van der Waals surface area contributed by atoms with E-state index in [1.807, 2.05) is 38.1 Å². The van der Waals surface area contributed by atoms with E-state index in [2.05, 4.69) is 5.16 Å². The molecule has 0 bridgehead atoms. The summed E-state index contributed by atoms with van der Waals surface area (Å²) in [7, 11) is 0. The molecule has 3 aromatic rings. The molecule has 3 aromatic carbocycles. The van der Waals surface area contributed by atoms with Gasteiger partial charge in [0.25, 0.3) is 5.69 Å². The van der Waals surface area contributed by atoms with E-state index in [1.165, 1.54) is 30.5 Å². The third-order valence-corrected chi connectivity index (χ3v) is 4.67. The summed E-state index contributed by atoms with van der Waals surface area (Å²) >= 11 is 0. The number of hydrogen-bond acceptors (Lipinski definition) is 8. The van der Waals surface area contributed by atoms with Gasteiger partial charge in [0, 0.05) is 17.7 Å². The highest BCUT2D eigenvalue weighted by Gasteiger charge is 2.09. The molecule has 0 saturated heterocycles. The molecule has 0 heterocycles. The highest BCUT2D eigenvalue weighted by molar-refractivity contribution is 5.81. The number of ether oxygens (including phenoxy) is 3. The largest absolute Gasteiger partial charge is 0.490 e. The van der Waals surface area contributed by atoms with Crippen molar-refractivity contribution < 1.29 is 28.8 Å². The van der Waals surface area contributed by atoms with E-state index in [9.17, 15) is 14.9 Å². The smallest absolute Gasteiger partial charge is 0.372 e. The molecule has 0 unspecified atom stereocenters. The van der Waals surface area contributed by atoms with Crippen LogP contribution in [0.3, 0.4) is 0 Å². The summed E-state index contributed by atoms with van der Waals surface area (Å²) in [6, 6.07) is 18.6. The van der Waals surface area contributed by atoms with Gasteiger partial charge >= 0.3 is 5.97 Å². The number of aryl methyl sites for hydroxylation is 1. The monoisotopic (exact) mass is 464 g/mol. The number of rotatable bonds is 11. The second kappa shape index (κ2) is 12.0. The predicted octanol–water partition coefficient (Wildman–Crippen LogP) is 4.84. The number of carbonyl (C=O) groups excluding carboxylic acids is 1. The van der Waals surface area contributed by atoms with Crippen molar-refractivity contribution in [3.8, 4) is 17.2 Å². The Morgan fingerprint density at radius 2 is 1.76 bits per heavy atom. The van der Waals surface area contributed by atoms with Crippen molar-refractivity contribution >= 4 is 17.9 Å². The maximum atomic E-state index is 11.8. The second-order valence-corrected chi connectivity index (χ2v) is 7.09. The molecule has 0 aliphatic rings. The molecule has 0 radical (unpaired) electrons. The van der Waals surface area contributed by atoms with Crippen LogP contribution in [0.4, 0.5) is 5.69 Å². The Morgan fingerprint density at radius 1 is 1.00 bits per heavy atom. The minimum atomic E-state index is -0.724. The summed E-state index contributed by atoms with van der Waals surface area (Å²) in [6.07, 6.45) is 1.37. The SMILES string of the molecule is CCOc1cc(C=NOC(=O)COc2ccc([N+](=O)[O-])cc2)ccc1OCc1ccccc1C. The third kappa shape index (κ3) is 7.06. The van der Waals surface area contributed by atoms with E-state index in [4.69, 9.17) is 19.0 Å². The lowest BCUT2D eigenvalue weighted by atomic mass is 10.1. The van der Waals surface area contributed by atoms with Crippen LogP contribution in [0.5, 0.6) is 17.2 Å². The highest BCUT2D eigenvalue weighted by atomic mass is 16.7. The van der Waals surface area contributed by atoms with Crippen LogP contribution in [0.15, 0.2) is 71.9 Å². The van der Waals surface area contributed by atoms with Gasteiger partial charge in [0.2, 0.25) is 0 Å². The topological polar surface area (TPSA) is 109 Å². The quantitative estimate of drug-likeness (QED) is 0.173. The maximum Gasteiger partial charge on any atom is 0.372 e. The fraction of sp³-hybridized carbons (Fsp3) is 0.200. The molecule has 34 heavy (non-hydrogen) atoms. The number of nitro groups is 1. The van der Waals surface area contributed by atoms with Crippen molar-refractivity contribution in [1.82, 2.24) is 0 Å². The van der Waals surface area contributed by atoms with E-state index in [1.54, 1.807) is 18.2 Å². The molecule has 3 rings (SSSR count). The van der Waals surface area contributed by atoms with Gasteiger partial charge in [-0.25, -0.2) is 4.79 Å². The average molecular weight is 464 g/mol. The number of nitro benzene ring substituents is 1. The lowest BCUT2D eigenvalue weighted by Crippen LogP contribution is -2.12. The number of nitrogens with zero attached hydrogens (tertiary/aromatic N) is 2. The van der Waals surface area contributed by atoms with Crippen molar-refractivity contribution in [2.24, 2.45) is 5.16 Å². The van der Waals surface area contributed by atoms with Crippen LogP contribution < -0.4 is 14.2 Å². The molecule has 176 valence electrons. The minimum Gasteiger partial charge on any atom is -0.490 e. The zero-order valence-corrected chi connectivity index (χ0v) is 18.8. The number of benzene rings is 3. The first-order valence-corrected chi connectivity index (χ1v) is 10.5. The van der Waals surface area contributed by atoms with Gasteiger partial charge in [-0.15, -0.1) is 0 Å². The van der Waals surface area contributed by atoms with Crippen LogP contribution in [0.1, 0.15) is 23.6 Å². The fourth-order valence-electron chi connectivity index (χ4n) is 2.90. The molecule has 9 nitrogen and oxygen atoms in total. The molecular weight excluding hydrogens is 440 g/mol. The van der Waals surface area contributed by atoms with E-state index in [-0.39, 0.29) is 5.69 Å². The average Bonchev–Trinajstić information content (AvgIpc) is 2.83.